The maximum atomic E-state index is 14.6. The van der Waals surface area contributed by atoms with E-state index >= 15 is 0 Å². The fourth-order valence-electron chi connectivity index (χ4n) is 4.07. The maximum absolute atomic E-state index is 14.6. The third-order valence-corrected chi connectivity index (χ3v) is 5.91. The highest BCUT2D eigenvalue weighted by atomic mass is 19.3. The number of pyridine rings is 2. The number of carbonyl (C=O) groups is 1. The van der Waals surface area contributed by atoms with E-state index in [0.29, 0.717) is 43.0 Å². The number of aliphatic carboxylic acids is 1. The van der Waals surface area contributed by atoms with Gasteiger partial charge in [0.1, 0.15) is 11.6 Å². The first-order chi connectivity index (χ1) is 15.3. The Hall–Kier alpha value is -3.36. The topological polar surface area (TPSA) is 78.4 Å². The molecule has 2 aromatic heterocycles. The molecule has 0 amide bonds. The van der Waals surface area contributed by atoms with Crippen LogP contribution in [0.4, 0.5) is 24.7 Å². The first-order valence-corrected chi connectivity index (χ1v) is 10.4. The number of anilines is 2. The van der Waals surface area contributed by atoms with E-state index in [1.165, 1.54) is 12.1 Å². The molecule has 1 fully saturated rings. The van der Waals surface area contributed by atoms with Crippen molar-refractivity contribution in [2.24, 2.45) is 5.92 Å². The highest BCUT2D eigenvalue weighted by molar-refractivity contribution is 5.92. The average Bonchev–Trinajstić information content (AvgIpc) is 2.79. The zero-order valence-electron chi connectivity index (χ0n) is 17.4. The van der Waals surface area contributed by atoms with E-state index in [-0.39, 0.29) is 11.5 Å². The van der Waals surface area contributed by atoms with Crippen LogP contribution in [-0.2, 0) is 4.79 Å². The summed E-state index contributed by atoms with van der Waals surface area (Å²) in [6, 6.07) is 7.04. The van der Waals surface area contributed by atoms with E-state index in [2.05, 4.69) is 15.3 Å². The lowest BCUT2D eigenvalue weighted by Crippen LogP contribution is -2.36. The quantitative estimate of drug-likeness (QED) is 0.546. The van der Waals surface area contributed by atoms with E-state index in [4.69, 9.17) is 0 Å². The van der Waals surface area contributed by atoms with Gasteiger partial charge in [-0.25, -0.2) is 18.2 Å². The summed E-state index contributed by atoms with van der Waals surface area (Å²) in [6.07, 6.45) is 1.45. The van der Waals surface area contributed by atoms with Crippen molar-refractivity contribution in [1.82, 2.24) is 9.97 Å². The van der Waals surface area contributed by atoms with Crippen molar-refractivity contribution in [1.29, 1.82) is 0 Å². The van der Waals surface area contributed by atoms with Crippen molar-refractivity contribution in [2.75, 3.05) is 23.3 Å². The van der Waals surface area contributed by atoms with Crippen molar-refractivity contribution in [3.63, 3.8) is 0 Å². The molecule has 0 bridgehead atoms. The van der Waals surface area contributed by atoms with Crippen molar-refractivity contribution < 1.29 is 23.1 Å². The van der Waals surface area contributed by atoms with E-state index in [9.17, 15) is 23.1 Å². The molecule has 0 unspecified atom stereocenters. The van der Waals surface area contributed by atoms with Gasteiger partial charge in [-0.15, -0.1) is 0 Å². The number of fused-ring (bicyclic) bond motifs is 1. The second-order valence-electron chi connectivity index (χ2n) is 7.93. The standard InChI is InChI=1S/C23H23F3N4O2/c1-13(15-3-2-4-16(21(15)24)22(25)26)29-18-5-8-27-19-12-28-20(11-17(18)19)30-9-6-14(7-10-30)23(31)32/h2-5,8,11-14,22H,6-7,9-10H2,1H3,(H,27,29)(H,31,32)/t13-/m1/s1. The lowest BCUT2D eigenvalue weighted by Gasteiger charge is -2.31. The second-order valence-corrected chi connectivity index (χ2v) is 7.93. The second kappa shape index (κ2) is 9.02. The zero-order chi connectivity index (χ0) is 22.8. The van der Waals surface area contributed by atoms with Crippen LogP contribution >= 0.6 is 0 Å². The Morgan fingerprint density at radius 1 is 1.19 bits per heavy atom. The molecule has 32 heavy (non-hydrogen) atoms. The van der Waals surface area contributed by atoms with Gasteiger partial charge in [0.25, 0.3) is 6.43 Å². The van der Waals surface area contributed by atoms with Crippen LogP contribution in [0.15, 0.2) is 42.7 Å². The fraction of sp³-hybridized carbons (Fsp3) is 0.348. The van der Waals surface area contributed by atoms with Crippen LogP contribution in [-0.4, -0.2) is 34.1 Å². The van der Waals surface area contributed by atoms with Gasteiger partial charge in [-0.05, 0) is 31.9 Å². The number of hydrogen-bond donors (Lipinski definition) is 2. The van der Waals surface area contributed by atoms with Gasteiger partial charge in [-0.1, -0.05) is 18.2 Å². The van der Waals surface area contributed by atoms with Crippen LogP contribution in [0, 0.1) is 11.7 Å². The SMILES string of the molecule is C[C@@H](Nc1ccnc2cnc(N3CCC(C(=O)O)CC3)cc12)c1cccc(C(F)F)c1F. The largest absolute Gasteiger partial charge is 0.481 e. The molecule has 0 spiro atoms. The number of halogens is 3. The van der Waals surface area contributed by atoms with Gasteiger partial charge in [-0.2, -0.15) is 0 Å². The summed E-state index contributed by atoms with van der Waals surface area (Å²) in [5, 5.41) is 13.2. The third kappa shape index (κ3) is 4.32. The van der Waals surface area contributed by atoms with Crippen molar-refractivity contribution >= 4 is 28.4 Å². The number of carboxylic acid groups (broad SMARTS) is 1. The number of aromatic nitrogens is 2. The highest BCUT2D eigenvalue weighted by Crippen LogP contribution is 2.32. The Morgan fingerprint density at radius 3 is 2.59 bits per heavy atom. The van der Waals surface area contributed by atoms with Gasteiger partial charge in [0.15, 0.2) is 0 Å². The number of carboxylic acids is 1. The van der Waals surface area contributed by atoms with E-state index in [0.717, 1.165) is 11.5 Å². The molecule has 0 saturated carbocycles. The minimum atomic E-state index is -2.89. The van der Waals surface area contributed by atoms with Gasteiger partial charge in [0.2, 0.25) is 0 Å². The summed E-state index contributed by atoms with van der Waals surface area (Å²) in [7, 11) is 0. The predicted molar refractivity (Wildman–Crippen MR) is 116 cm³/mol. The van der Waals surface area contributed by atoms with Gasteiger partial charge >= 0.3 is 5.97 Å². The molecule has 1 aliphatic heterocycles. The van der Waals surface area contributed by atoms with Crippen LogP contribution in [0.25, 0.3) is 10.9 Å². The first-order valence-electron chi connectivity index (χ1n) is 10.4. The Morgan fingerprint density at radius 2 is 1.91 bits per heavy atom. The lowest BCUT2D eigenvalue weighted by molar-refractivity contribution is -0.142. The number of piperidine rings is 1. The molecule has 168 valence electrons. The Balaban J connectivity index is 1.60. The van der Waals surface area contributed by atoms with Gasteiger partial charge in [0, 0.05) is 35.9 Å². The zero-order valence-corrected chi connectivity index (χ0v) is 17.4. The van der Waals surface area contributed by atoms with Crippen molar-refractivity contribution in [2.45, 2.75) is 32.2 Å². The monoisotopic (exact) mass is 444 g/mol. The summed E-state index contributed by atoms with van der Waals surface area (Å²) < 4.78 is 40.8. The molecule has 0 radical (unpaired) electrons. The van der Waals surface area contributed by atoms with Crippen molar-refractivity contribution in [3.05, 3.63) is 59.7 Å². The molecule has 1 saturated heterocycles. The van der Waals surface area contributed by atoms with Crippen LogP contribution in [0.1, 0.15) is 43.4 Å². The highest BCUT2D eigenvalue weighted by Gasteiger charge is 2.25. The number of alkyl halides is 2. The van der Waals surface area contributed by atoms with E-state index in [1.54, 1.807) is 25.4 Å². The molecule has 1 aliphatic rings. The molecule has 2 N–H and O–H groups in total. The smallest absolute Gasteiger partial charge is 0.306 e. The Kier molecular flexibility index (Phi) is 6.16. The summed E-state index contributed by atoms with van der Waals surface area (Å²) in [5.74, 6) is -1.32. The van der Waals surface area contributed by atoms with E-state index < -0.39 is 29.8 Å². The fourth-order valence-corrected chi connectivity index (χ4v) is 4.07. The number of hydrogen-bond acceptors (Lipinski definition) is 5. The molecule has 0 aliphatic carbocycles. The van der Waals surface area contributed by atoms with Gasteiger partial charge in [0.05, 0.1) is 29.2 Å². The lowest BCUT2D eigenvalue weighted by atomic mass is 9.97. The molecule has 4 rings (SSSR count). The average molecular weight is 444 g/mol. The van der Waals surface area contributed by atoms with Gasteiger partial charge < -0.3 is 15.3 Å². The Bertz CT molecular complexity index is 1130. The molecule has 3 heterocycles. The molecule has 6 nitrogen and oxygen atoms in total. The summed E-state index contributed by atoms with van der Waals surface area (Å²) in [6.45, 7) is 2.87. The Labute approximate surface area is 183 Å². The summed E-state index contributed by atoms with van der Waals surface area (Å²) >= 11 is 0. The molecule has 9 heteroatoms. The minimum Gasteiger partial charge on any atom is -0.481 e. The van der Waals surface area contributed by atoms with E-state index in [1.807, 2.05) is 11.0 Å². The molecule has 1 atom stereocenters. The summed E-state index contributed by atoms with van der Waals surface area (Å²) in [4.78, 5) is 22.0. The minimum absolute atomic E-state index is 0.151. The van der Waals surface area contributed by atoms with Crippen LogP contribution in [0.5, 0.6) is 0 Å². The number of nitrogens with one attached hydrogen (secondary N) is 1. The summed E-state index contributed by atoms with van der Waals surface area (Å²) in [5.41, 5.74) is 0.839. The number of benzene rings is 1. The molecule has 3 aromatic rings. The first kappa shape index (κ1) is 21.9. The van der Waals surface area contributed by atoms with Crippen LogP contribution < -0.4 is 10.2 Å². The van der Waals surface area contributed by atoms with Gasteiger partial charge in [-0.3, -0.25) is 9.78 Å². The van der Waals surface area contributed by atoms with Crippen molar-refractivity contribution in [3.8, 4) is 0 Å². The molecular formula is C23H23F3N4O2. The third-order valence-electron chi connectivity index (χ3n) is 5.91. The van der Waals surface area contributed by atoms with Crippen LogP contribution in [0.2, 0.25) is 0 Å². The molecule has 1 aromatic carbocycles. The maximum Gasteiger partial charge on any atom is 0.306 e. The number of nitrogens with zero attached hydrogens (tertiary/aromatic N) is 3. The normalized spacial score (nSPS) is 15.8. The van der Waals surface area contributed by atoms with Crippen LogP contribution in [0.3, 0.4) is 0 Å². The number of rotatable bonds is 6. The molecular weight excluding hydrogens is 421 g/mol. The predicted octanol–water partition coefficient (Wildman–Crippen LogP) is 5.18.